The summed E-state index contributed by atoms with van der Waals surface area (Å²) in [6.45, 7) is 4.01. The van der Waals surface area contributed by atoms with E-state index < -0.39 is 0 Å². The highest BCUT2D eigenvalue weighted by Crippen LogP contribution is 2.41. The molecule has 0 atom stereocenters. The molecule has 3 aromatic heterocycles. The zero-order valence-corrected chi connectivity index (χ0v) is 20.0. The number of carbonyl (C=O) groups is 2. The van der Waals surface area contributed by atoms with E-state index in [-0.39, 0.29) is 17.6 Å². The largest absolute Gasteiger partial charge is 0.462 e. The molecule has 0 fully saturated rings. The number of rotatable bonds is 6. The van der Waals surface area contributed by atoms with E-state index in [1.807, 2.05) is 6.92 Å². The lowest BCUT2D eigenvalue weighted by atomic mass is 10.1. The second-order valence-corrected chi connectivity index (χ2v) is 10.9. The average Bonchev–Trinajstić information content (AvgIpc) is 3.46. The highest BCUT2D eigenvalue weighted by molar-refractivity contribution is 8.00. The van der Waals surface area contributed by atoms with E-state index in [1.54, 1.807) is 18.3 Å². The van der Waals surface area contributed by atoms with Crippen LogP contribution in [0.1, 0.15) is 56.8 Å². The summed E-state index contributed by atoms with van der Waals surface area (Å²) in [6, 6.07) is 0. The van der Waals surface area contributed by atoms with E-state index in [0.717, 1.165) is 58.7 Å². The fourth-order valence-corrected chi connectivity index (χ4v) is 7.94. The minimum absolute atomic E-state index is 0.133. The molecule has 5 rings (SSSR count). The molecule has 0 bridgehead atoms. The van der Waals surface area contributed by atoms with Crippen LogP contribution in [0.2, 0.25) is 0 Å². The van der Waals surface area contributed by atoms with Crippen molar-refractivity contribution in [2.24, 2.45) is 0 Å². The summed E-state index contributed by atoms with van der Waals surface area (Å²) in [7, 11) is 0. The molecule has 3 heterocycles. The van der Waals surface area contributed by atoms with Gasteiger partial charge in [0.2, 0.25) is 5.91 Å². The summed E-state index contributed by atoms with van der Waals surface area (Å²) < 4.78 is 5.25. The molecule has 2 aliphatic rings. The van der Waals surface area contributed by atoms with Crippen LogP contribution in [0.5, 0.6) is 0 Å². The first-order valence-electron chi connectivity index (χ1n) is 10.6. The molecule has 0 aromatic carbocycles. The van der Waals surface area contributed by atoms with Gasteiger partial charge in [-0.1, -0.05) is 11.8 Å². The fourth-order valence-electron chi connectivity index (χ4n) is 4.38. The molecule has 3 aromatic rings. The van der Waals surface area contributed by atoms with Gasteiger partial charge < -0.3 is 10.1 Å². The molecule has 2 aliphatic carbocycles. The summed E-state index contributed by atoms with van der Waals surface area (Å²) in [5, 5.41) is 5.61. The summed E-state index contributed by atoms with van der Waals surface area (Å²) in [5.74, 6) is 0.495. The predicted molar refractivity (Wildman–Crippen MR) is 126 cm³/mol. The minimum Gasteiger partial charge on any atom is -0.462 e. The maximum Gasteiger partial charge on any atom is 0.341 e. The maximum absolute atomic E-state index is 12.8. The first-order valence-corrected chi connectivity index (χ1v) is 13.2. The van der Waals surface area contributed by atoms with Crippen molar-refractivity contribution in [2.45, 2.75) is 57.4 Å². The van der Waals surface area contributed by atoms with E-state index in [9.17, 15) is 9.59 Å². The van der Waals surface area contributed by atoms with Crippen LogP contribution in [0, 0.1) is 6.92 Å². The summed E-state index contributed by atoms with van der Waals surface area (Å²) in [4.78, 5) is 38.2. The molecule has 0 saturated carbocycles. The number of anilines is 1. The van der Waals surface area contributed by atoms with Gasteiger partial charge in [-0.3, -0.25) is 4.79 Å². The SMILES string of the molecule is CCOC(=O)c1c(NC(=O)CSc2nc(C)nc3sc4c(c23)CCC4)sc2c1CCC2. The number of hydrogen-bond donors (Lipinski definition) is 1. The zero-order valence-electron chi connectivity index (χ0n) is 17.5. The van der Waals surface area contributed by atoms with Gasteiger partial charge in [0.1, 0.15) is 20.7 Å². The number of nitrogens with zero attached hydrogens (tertiary/aromatic N) is 2. The van der Waals surface area contributed by atoms with Gasteiger partial charge in [-0.25, -0.2) is 14.8 Å². The molecule has 9 heteroatoms. The first kappa shape index (κ1) is 20.9. The molecule has 0 saturated heterocycles. The number of amides is 1. The average molecular weight is 474 g/mol. The van der Waals surface area contributed by atoms with Gasteiger partial charge in [0.25, 0.3) is 0 Å². The lowest BCUT2D eigenvalue weighted by molar-refractivity contribution is -0.113. The lowest BCUT2D eigenvalue weighted by Gasteiger charge is -2.09. The second-order valence-electron chi connectivity index (χ2n) is 7.73. The normalized spacial score (nSPS) is 14.6. The third-order valence-electron chi connectivity index (χ3n) is 5.64. The quantitative estimate of drug-likeness (QED) is 0.310. The van der Waals surface area contributed by atoms with Crippen LogP contribution in [0.3, 0.4) is 0 Å². The number of aryl methyl sites for hydroxylation is 4. The smallest absolute Gasteiger partial charge is 0.341 e. The molecule has 6 nitrogen and oxygen atoms in total. The van der Waals surface area contributed by atoms with Gasteiger partial charge in [0.05, 0.1) is 17.9 Å². The molecule has 0 aliphatic heterocycles. The highest BCUT2D eigenvalue weighted by Gasteiger charge is 2.28. The topological polar surface area (TPSA) is 81.2 Å². The Morgan fingerprint density at radius 1 is 1.06 bits per heavy atom. The van der Waals surface area contributed by atoms with Crippen molar-refractivity contribution in [3.63, 3.8) is 0 Å². The summed E-state index contributed by atoms with van der Waals surface area (Å²) in [5.41, 5.74) is 2.96. The van der Waals surface area contributed by atoms with Gasteiger partial charge in [-0.2, -0.15) is 0 Å². The molecule has 31 heavy (non-hydrogen) atoms. The predicted octanol–water partition coefficient (Wildman–Crippen LogP) is 4.95. The fraction of sp³-hybridized carbons (Fsp3) is 0.455. The number of hydrogen-bond acceptors (Lipinski definition) is 8. The molecule has 0 unspecified atom stereocenters. The van der Waals surface area contributed by atoms with E-state index in [4.69, 9.17) is 4.74 Å². The molecular weight excluding hydrogens is 450 g/mol. The summed E-state index contributed by atoms with van der Waals surface area (Å²) >= 11 is 4.72. The van der Waals surface area contributed by atoms with Crippen molar-refractivity contribution in [2.75, 3.05) is 17.7 Å². The molecule has 1 amide bonds. The van der Waals surface area contributed by atoms with Crippen molar-refractivity contribution in [1.82, 2.24) is 9.97 Å². The highest BCUT2D eigenvalue weighted by atomic mass is 32.2. The van der Waals surface area contributed by atoms with Crippen LogP contribution >= 0.6 is 34.4 Å². The Labute approximate surface area is 192 Å². The van der Waals surface area contributed by atoms with Crippen molar-refractivity contribution in [3.8, 4) is 0 Å². The number of thioether (sulfide) groups is 1. The van der Waals surface area contributed by atoms with Crippen molar-refractivity contribution >= 4 is 61.5 Å². The Hall–Kier alpha value is -1.97. The first-order chi connectivity index (χ1) is 15.0. The minimum atomic E-state index is -0.341. The Balaban J connectivity index is 1.35. The number of nitrogens with one attached hydrogen (secondary N) is 1. The molecule has 162 valence electrons. The van der Waals surface area contributed by atoms with Gasteiger partial charge in [-0.05, 0) is 63.5 Å². The number of esters is 1. The van der Waals surface area contributed by atoms with Gasteiger partial charge in [0, 0.05) is 15.1 Å². The Kier molecular flexibility index (Phi) is 5.75. The van der Waals surface area contributed by atoms with E-state index >= 15 is 0 Å². The monoisotopic (exact) mass is 473 g/mol. The van der Waals surface area contributed by atoms with Crippen LogP contribution in [0.25, 0.3) is 10.2 Å². The number of fused-ring (bicyclic) bond motifs is 4. The third-order valence-corrected chi connectivity index (χ3v) is 9.01. The third kappa shape index (κ3) is 3.87. The number of thiophene rings is 2. The zero-order chi connectivity index (χ0) is 21.5. The lowest BCUT2D eigenvalue weighted by Crippen LogP contribution is -2.17. The van der Waals surface area contributed by atoms with Crippen LogP contribution in [0.4, 0.5) is 5.00 Å². The van der Waals surface area contributed by atoms with Gasteiger partial charge in [0.15, 0.2) is 0 Å². The van der Waals surface area contributed by atoms with Crippen molar-refractivity contribution in [1.29, 1.82) is 0 Å². The number of aromatic nitrogens is 2. The van der Waals surface area contributed by atoms with Gasteiger partial charge >= 0.3 is 5.97 Å². The van der Waals surface area contributed by atoms with Crippen LogP contribution in [-0.4, -0.2) is 34.2 Å². The van der Waals surface area contributed by atoms with E-state index in [2.05, 4.69) is 15.3 Å². The Morgan fingerprint density at radius 3 is 2.58 bits per heavy atom. The van der Waals surface area contributed by atoms with Crippen LogP contribution in [-0.2, 0) is 35.2 Å². The standard InChI is InChI=1S/C22H23N3O3S3/c1-3-28-22(27)18-13-7-5-9-15(13)31-21(18)25-16(26)10-29-19-17-12-6-4-8-14(12)30-20(17)24-11(2)23-19/h3-10H2,1-2H3,(H,25,26). The van der Waals surface area contributed by atoms with E-state index in [1.165, 1.54) is 44.8 Å². The van der Waals surface area contributed by atoms with Crippen molar-refractivity contribution < 1.29 is 14.3 Å². The number of ether oxygens (including phenoxy) is 1. The summed E-state index contributed by atoms with van der Waals surface area (Å²) in [6.07, 6.45) is 6.22. The Bertz CT molecular complexity index is 1200. The Morgan fingerprint density at radius 2 is 1.81 bits per heavy atom. The molecule has 0 radical (unpaired) electrons. The second kappa shape index (κ2) is 8.52. The van der Waals surface area contributed by atoms with Crippen LogP contribution < -0.4 is 5.32 Å². The van der Waals surface area contributed by atoms with E-state index in [0.29, 0.717) is 17.2 Å². The van der Waals surface area contributed by atoms with Crippen LogP contribution in [0.15, 0.2) is 5.03 Å². The molecule has 0 spiro atoms. The maximum atomic E-state index is 12.8. The molecule has 1 N–H and O–H groups in total. The number of carbonyl (C=O) groups excluding carboxylic acids is 2. The van der Waals surface area contributed by atoms with Crippen molar-refractivity contribution in [3.05, 3.63) is 32.3 Å². The van der Waals surface area contributed by atoms with Gasteiger partial charge in [-0.15, -0.1) is 22.7 Å². The molecular formula is C22H23N3O3S3.